The number of para-hydroxylation sites is 1. The minimum absolute atomic E-state index is 0.101. The predicted molar refractivity (Wildman–Crippen MR) is 131 cm³/mol. The molecule has 3 aromatic carbocycles. The second kappa shape index (κ2) is 9.94. The van der Waals surface area contributed by atoms with Gasteiger partial charge in [-0.15, -0.1) is 11.3 Å². The number of nitrogens with one attached hydrogen (secondary N) is 1. The average molecular weight is 452 g/mol. The van der Waals surface area contributed by atoms with Crippen molar-refractivity contribution < 1.29 is 4.79 Å². The first-order valence-electron chi connectivity index (χ1n) is 10.4. The van der Waals surface area contributed by atoms with Gasteiger partial charge in [-0.2, -0.15) is 5.26 Å². The lowest BCUT2D eigenvalue weighted by Gasteiger charge is -2.13. The molecule has 1 aromatic heterocycles. The van der Waals surface area contributed by atoms with Gasteiger partial charge >= 0.3 is 0 Å². The van der Waals surface area contributed by atoms with Crippen LogP contribution in [0, 0.1) is 11.3 Å². The summed E-state index contributed by atoms with van der Waals surface area (Å²) in [6.45, 7) is 1.86. The van der Waals surface area contributed by atoms with E-state index in [0.717, 1.165) is 22.5 Å². The van der Waals surface area contributed by atoms with E-state index in [1.165, 1.54) is 4.57 Å². The van der Waals surface area contributed by atoms with Crippen molar-refractivity contribution in [3.63, 3.8) is 0 Å². The first kappa shape index (κ1) is 22.0. The Morgan fingerprint density at radius 3 is 2.15 bits per heavy atom. The Hall–Kier alpha value is -4.21. The van der Waals surface area contributed by atoms with Crippen LogP contribution in [0.3, 0.4) is 0 Å². The topological polar surface area (TPSA) is 74.9 Å². The first-order valence-corrected chi connectivity index (χ1v) is 11.2. The third kappa shape index (κ3) is 4.84. The van der Waals surface area contributed by atoms with Crippen molar-refractivity contribution in [1.29, 1.82) is 5.26 Å². The summed E-state index contributed by atoms with van der Waals surface area (Å²) in [4.78, 5) is 26.5. The van der Waals surface area contributed by atoms with Gasteiger partial charge in [-0.3, -0.25) is 14.2 Å². The number of benzene rings is 3. The minimum Gasteiger partial charge on any atom is -0.345 e. The quantitative estimate of drug-likeness (QED) is 0.506. The fourth-order valence-electron chi connectivity index (χ4n) is 3.45. The Balaban J connectivity index is 1.89. The molecule has 5 nitrogen and oxygen atoms in total. The van der Waals surface area contributed by atoms with Gasteiger partial charge in [0.25, 0.3) is 11.5 Å². The van der Waals surface area contributed by atoms with Gasteiger partial charge in [-0.05, 0) is 36.3 Å². The van der Waals surface area contributed by atoms with Crippen LogP contribution in [-0.2, 0) is 4.79 Å². The van der Waals surface area contributed by atoms with Crippen molar-refractivity contribution in [1.82, 2.24) is 9.88 Å². The molecule has 1 heterocycles. The molecule has 1 amide bonds. The maximum absolute atomic E-state index is 13.4. The highest BCUT2D eigenvalue weighted by Crippen LogP contribution is 2.12. The number of amides is 1. The molecular formula is C27H21N3O2S. The smallest absolute Gasteiger partial charge is 0.273 e. The molecule has 162 valence electrons. The molecule has 0 aliphatic rings. The van der Waals surface area contributed by atoms with Gasteiger partial charge in [0.15, 0.2) is 5.57 Å². The van der Waals surface area contributed by atoms with Crippen molar-refractivity contribution in [2.75, 3.05) is 0 Å². The highest BCUT2D eigenvalue weighted by molar-refractivity contribution is 7.07. The zero-order chi connectivity index (χ0) is 23.2. The van der Waals surface area contributed by atoms with E-state index in [0.29, 0.717) is 14.9 Å². The summed E-state index contributed by atoms with van der Waals surface area (Å²) in [7, 11) is 0. The Labute approximate surface area is 195 Å². The lowest BCUT2D eigenvalue weighted by Crippen LogP contribution is -2.34. The van der Waals surface area contributed by atoms with Crippen LogP contribution >= 0.6 is 11.3 Å². The molecule has 0 radical (unpaired) electrons. The third-order valence-electron chi connectivity index (χ3n) is 5.14. The van der Waals surface area contributed by atoms with Gasteiger partial charge in [0.05, 0.1) is 16.3 Å². The fourth-order valence-corrected chi connectivity index (χ4v) is 4.55. The molecule has 0 saturated heterocycles. The number of rotatable bonds is 5. The first-order chi connectivity index (χ1) is 16.1. The van der Waals surface area contributed by atoms with Crippen LogP contribution in [0.5, 0.6) is 0 Å². The number of aromatic nitrogens is 1. The highest BCUT2D eigenvalue weighted by atomic mass is 32.1. The van der Waals surface area contributed by atoms with E-state index < -0.39 is 5.91 Å². The minimum atomic E-state index is -0.522. The summed E-state index contributed by atoms with van der Waals surface area (Å²) >= 11 is 1.13. The molecule has 0 aliphatic carbocycles. The Kier molecular flexibility index (Phi) is 6.63. The summed E-state index contributed by atoms with van der Waals surface area (Å²) in [6, 6.07) is 29.8. The van der Waals surface area contributed by atoms with Gasteiger partial charge < -0.3 is 5.32 Å². The van der Waals surface area contributed by atoms with Gasteiger partial charge in [0.1, 0.15) is 10.7 Å². The Morgan fingerprint density at radius 2 is 1.55 bits per heavy atom. The van der Waals surface area contributed by atoms with Crippen molar-refractivity contribution in [3.05, 3.63) is 122 Å². The Morgan fingerprint density at radius 1 is 0.970 bits per heavy atom. The van der Waals surface area contributed by atoms with E-state index in [9.17, 15) is 14.9 Å². The monoisotopic (exact) mass is 451 g/mol. The number of hydrogen-bond acceptors (Lipinski definition) is 4. The maximum atomic E-state index is 13.4. The molecular weight excluding hydrogens is 430 g/mol. The SMILES string of the molecule is C[C@@H](NC(=O)/C(C#N)=c1/s/c(=C/c2ccccc2)c(=O)n1-c1ccccc1)c1ccccc1. The van der Waals surface area contributed by atoms with Crippen LogP contribution in [0.4, 0.5) is 0 Å². The van der Waals surface area contributed by atoms with E-state index in [-0.39, 0.29) is 17.2 Å². The van der Waals surface area contributed by atoms with Crippen LogP contribution in [-0.4, -0.2) is 10.5 Å². The molecule has 1 N–H and O–H groups in total. The van der Waals surface area contributed by atoms with E-state index in [1.807, 2.05) is 91.9 Å². The third-order valence-corrected chi connectivity index (χ3v) is 6.23. The number of nitriles is 1. The number of thiazole rings is 1. The zero-order valence-corrected chi connectivity index (χ0v) is 18.8. The van der Waals surface area contributed by atoms with Crippen molar-refractivity contribution in [3.8, 4) is 11.8 Å². The fraction of sp³-hybridized carbons (Fsp3) is 0.0741. The predicted octanol–water partition coefficient (Wildman–Crippen LogP) is 3.28. The second-order valence-corrected chi connectivity index (χ2v) is 8.43. The van der Waals surface area contributed by atoms with Gasteiger partial charge in [-0.25, -0.2) is 0 Å². The van der Waals surface area contributed by atoms with Crippen LogP contribution < -0.4 is 20.1 Å². The molecule has 0 unspecified atom stereocenters. The van der Waals surface area contributed by atoms with Crippen LogP contribution in [0.25, 0.3) is 17.3 Å². The lowest BCUT2D eigenvalue weighted by molar-refractivity contribution is -0.116. The van der Waals surface area contributed by atoms with Crippen molar-refractivity contribution >= 4 is 28.9 Å². The molecule has 0 aliphatic heterocycles. The summed E-state index contributed by atoms with van der Waals surface area (Å²) in [5.41, 5.74) is 2.01. The summed E-state index contributed by atoms with van der Waals surface area (Å²) in [5.74, 6) is -0.522. The van der Waals surface area contributed by atoms with Crippen molar-refractivity contribution in [2.45, 2.75) is 13.0 Å². The number of carbonyl (C=O) groups excluding carboxylic acids is 1. The standard InChI is InChI=1S/C27H21N3O2S/c1-19(21-13-7-3-8-14-21)29-25(31)23(18-28)27-30(22-15-9-4-10-16-22)26(32)24(33-27)17-20-11-5-2-6-12-20/h2-17,19H,1H3,(H,29,31)/b24-17+,27-23+/t19-/m1/s1. The van der Waals surface area contributed by atoms with E-state index >= 15 is 0 Å². The summed E-state index contributed by atoms with van der Waals surface area (Å²) in [6.07, 6.45) is 1.77. The van der Waals surface area contributed by atoms with Crippen LogP contribution in [0.2, 0.25) is 0 Å². The van der Waals surface area contributed by atoms with Gasteiger partial charge in [-0.1, -0.05) is 78.9 Å². The van der Waals surface area contributed by atoms with E-state index in [2.05, 4.69) is 5.32 Å². The van der Waals surface area contributed by atoms with Gasteiger partial charge in [0.2, 0.25) is 0 Å². The molecule has 4 aromatic rings. The molecule has 0 bridgehead atoms. The largest absolute Gasteiger partial charge is 0.345 e. The maximum Gasteiger partial charge on any atom is 0.273 e. The van der Waals surface area contributed by atoms with E-state index in [1.54, 1.807) is 18.2 Å². The molecule has 4 rings (SSSR count). The second-order valence-electron chi connectivity index (χ2n) is 7.40. The van der Waals surface area contributed by atoms with Crippen molar-refractivity contribution in [2.24, 2.45) is 0 Å². The van der Waals surface area contributed by atoms with Crippen LogP contribution in [0.1, 0.15) is 24.1 Å². The highest BCUT2D eigenvalue weighted by Gasteiger charge is 2.19. The Bertz CT molecular complexity index is 1480. The molecule has 1 atom stereocenters. The van der Waals surface area contributed by atoms with E-state index in [4.69, 9.17) is 0 Å². The summed E-state index contributed by atoms with van der Waals surface area (Å²) in [5, 5.41) is 12.8. The zero-order valence-electron chi connectivity index (χ0n) is 17.9. The lowest BCUT2D eigenvalue weighted by atomic mass is 10.1. The number of hydrogen-bond donors (Lipinski definition) is 1. The normalized spacial score (nSPS) is 13.2. The number of nitrogens with zero attached hydrogens (tertiary/aromatic N) is 2. The molecule has 0 fully saturated rings. The molecule has 0 spiro atoms. The summed E-state index contributed by atoms with van der Waals surface area (Å²) < 4.78 is 2.18. The molecule has 6 heteroatoms. The van der Waals surface area contributed by atoms with Gasteiger partial charge in [0, 0.05) is 0 Å². The average Bonchev–Trinajstić information content (AvgIpc) is 3.16. The molecule has 33 heavy (non-hydrogen) atoms. The molecule has 0 saturated carbocycles. The number of carbonyl (C=O) groups is 1. The van der Waals surface area contributed by atoms with Crippen LogP contribution in [0.15, 0.2) is 95.8 Å².